The van der Waals surface area contributed by atoms with Crippen LogP contribution in [-0.2, 0) is 4.79 Å². The van der Waals surface area contributed by atoms with Crippen LogP contribution in [0.1, 0.15) is 48.0 Å². The fraction of sp³-hybridized carbons (Fsp3) is 0.375. The summed E-state index contributed by atoms with van der Waals surface area (Å²) in [4.78, 5) is 33.2. The van der Waals surface area contributed by atoms with Crippen molar-refractivity contribution in [1.29, 1.82) is 0 Å². The van der Waals surface area contributed by atoms with Gasteiger partial charge in [-0.05, 0) is 56.0 Å². The summed E-state index contributed by atoms with van der Waals surface area (Å²) in [6.07, 6.45) is 4.62. The van der Waals surface area contributed by atoms with Crippen LogP contribution in [0.2, 0.25) is 5.02 Å². The van der Waals surface area contributed by atoms with Crippen LogP contribution in [0.25, 0.3) is 0 Å². The summed E-state index contributed by atoms with van der Waals surface area (Å²) in [5.74, 6) is 0.866. The van der Waals surface area contributed by atoms with E-state index in [4.69, 9.17) is 26.1 Å². The number of carbonyl (C=O) groups is 2. The molecule has 5 rings (SSSR count). The predicted molar refractivity (Wildman–Crippen MR) is 117 cm³/mol. The van der Waals surface area contributed by atoms with Crippen molar-refractivity contribution in [1.82, 2.24) is 4.90 Å². The quantitative estimate of drug-likeness (QED) is 0.668. The number of carbonyl (C=O) groups excluding carboxylic acids is 2. The third-order valence-electron chi connectivity index (χ3n) is 6.21. The highest BCUT2D eigenvalue weighted by Gasteiger charge is 2.48. The van der Waals surface area contributed by atoms with Gasteiger partial charge in [-0.25, -0.2) is 0 Å². The van der Waals surface area contributed by atoms with E-state index in [0.29, 0.717) is 41.0 Å². The van der Waals surface area contributed by atoms with Gasteiger partial charge in [-0.1, -0.05) is 30.2 Å². The molecular weight excluding hydrogens is 416 g/mol. The van der Waals surface area contributed by atoms with Crippen LogP contribution >= 0.6 is 11.6 Å². The molecule has 0 N–H and O–H groups in total. The van der Waals surface area contributed by atoms with Gasteiger partial charge in [-0.15, -0.1) is 0 Å². The molecule has 6 nitrogen and oxygen atoms in total. The number of nitrogens with zero attached hydrogens (tertiary/aromatic N) is 2. The van der Waals surface area contributed by atoms with E-state index in [1.807, 2.05) is 12.1 Å². The summed E-state index contributed by atoms with van der Waals surface area (Å²) in [6.45, 7) is 0.936. The number of fused-ring (bicyclic) bond motifs is 1. The SMILES string of the molecule is O=C(CN1C(=O)C(c2ccc(Cl)cc2)=NC12CCCCC2)c1ccc2c(c1)OCCO2. The topological polar surface area (TPSA) is 68.2 Å². The zero-order valence-corrected chi connectivity index (χ0v) is 17.9. The third kappa shape index (κ3) is 3.69. The van der Waals surface area contributed by atoms with Gasteiger partial charge < -0.3 is 14.4 Å². The second kappa shape index (κ2) is 8.00. The summed E-state index contributed by atoms with van der Waals surface area (Å²) in [6, 6.07) is 12.3. The molecule has 1 aliphatic carbocycles. The number of ether oxygens (including phenoxy) is 2. The van der Waals surface area contributed by atoms with Crippen LogP contribution in [0.15, 0.2) is 47.5 Å². The van der Waals surface area contributed by atoms with Crippen molar-refractivity contribution in [3.8, 4) is 11.5 Å². The Kier molecular flexibility index (Phi) is 5.18. The minimum atomic E-state index is -0.645. The molecule has 1 spiro atoms. The average molecular weight is 439 g/mol. The fourth-order valence-corrected chi connectivity index (χ4v) is 4.73. The Morgan fingerprint density at radius 2 is 1.71 bits per heavy atom. The van der Waals surface area contributed by atoms with E-state index < -0.39 is 5.66 Å². The number of aliphatic imine (C=N–C) groups is 1. The number of ketones is 1. The van der Waals surface area contributed by atoms with Gasteiger partial charge in [0.25, 0.3) is 5.91 Å². The van der Waals surface area contributed by atoms with Crippen LogP contribution in [0.5, 0.6) is 11.5 Å². The number of Topliss-reactive ketones (excluding diaryl/α,β-unsaturated/α-hetero) is 1. The molecule has 1 fully saturated rings. The van der Waals surface area contributed by atoms with Crippen LogP contribution < -0.4 is 9.47 Å². The molecule has 2 aromatic rings. The normalized spacial score (nSPS) is 19.5. The van der Waals surface area contributed by atoms with Crippen LogP contribution in [-0.4, -0.2) is 47.7 Å². The number of hydrogen-bond donors (Lipinski definition) is 0. The summed E-state index contributed by atoms with van der Waals surface area (Å²) >= 11 is 6.01. The maximum atomic E-state index is 13.4. The summed E-state index contributed by atoms with van der Waals surface area (Å²) in [5, 5.41) is 0.604. The molecule has 2 aliphatic heterocycles. The summed E-state index contributed by atoms with van der Waals surface area (Å²) in [7, 11) is 0. The van der Waals surface area contributed by atoms with Crippen molar-refractivity contribution in [3.63, 3.8) is 0 Å². The minimum Gasteiger partial charge on any atom is -0.486 e. The first-order valence-electron chi connectivity index (χ1n) is 10.7. The van der Waals surface area contributed by atoms with Gasteiger partial charge in [0.15, 0.2) is 17.3 Å². The van der Waals surface area contributed by atoms with Gasteiger partial charge in [-0.3, -0.25) is 14.6 Å². The lowest BCUT2D eigenvalue weighted by Gasteiger charge is -2.38. The van der Waals surface area contributed by atoms with E-state index in [1.165, 1.54) is 0 Å². The standard InChI is InChI=1S/C24H23ClN2O4/c25-18-7-4-16(5-8-18)22-23(29)27(24(26-22)10-2-1-3-11-24)15-19(28)17-6-9-20-21(14-17)31-13-12-30-20/h4-9,14H,1-3,10-13,15H2. The highest BCUT2D eigenvalue weighted by Crippen LogP contribution is 2.40. The first kappa shape index (κ1) is 20.1. The Morgan fingerprint density at radius 3 is 2.45 bits per heavy atom. The monoisotopic (exact) mass is 438 g/mol. The van der Waals surface area contributed by atoms with Crippen LogP contribution in [0.3, 0.4) is 0 Å². The molecule has 0 radical (unpaired) electrons. The molecule has 160 valence electrons. The molecule has 0 unspecified atom stereocenters. The molecule has 0 aromatic heterocycles. The van der Waals surface area contributed by atoms with E-state index in [-0.39, 0.29) is 18.2 Å². The van der Waals surface area contributed by atoms with Crippen molar-refractivity contribution in [2.45, 2.75) is 37.8 Å². The van der Waals surface area contributed by atoms with Gasteiger partial charge in [0, 0.05) is 16.1 Å². The molecule has 2 heterocycles. The lowest BCUT2D eigenvalue weighted by atomic mass is 9.88. The largest absolute Gasteiger partial charge is 0.486 e. The van der Waals surface area contributed by atoms with Gasteiger partial charge in [0.2, 0.25) is 0 Å². The Balaban J connectivity index is 1.44. The van der Waals surface area contributed by atoms with E-state index >= 15 is 0 Å². The molecule has 2 aromatic carbocycles. The Morgan fingerprint density at radius 1 is 1.00 bits per heavy atom. The molecule has 0 saturated heterocycles. The molecule has 7 heteroatoms. The lowest BCUT2D eigenvalue weighted by molar-refractivity contribution is -0.128. The second-order valence-electron chi connectivity index (χ2n) is 8.18. The first-order valence-corrected chi connectivity index (χ1v) is 11.0. The molecule has 31 heavy (non-hydrogen) atoms. The molecule has 3 aliphatic rings. The molecule has 1 saturated carbocycles. The zero-order valence-electron chi connectivity index (χ0n) is 17.1. The maximum Gasteiger partial charge on any atom is 0.275 e. The van der Waals surface area contributed by atoms with Crippen molar-refractivity contribution in [3.05, 3.63) is 58.6 Å². The van der Waals surface area contributed by atoms with E-state index in [2.05, 4.69) is 0 Å². The average Bonchev–Trinajstić information content (AvgIpc) is 3.05. The number of hydrogen-bond acceptors (Lipinski definition) is 5. The molecule has 1 amide bonds. The second-order valence-corrected chi connectivity index (χ2v) is 8.62. The first-order chi connectivity index (χ1) is 15.1. The number of halogens is 1. The lowest BCUT2D eigenvalue weighted by Crippen LogP contribution is -2.50. The predicted octanol–water partition coefficient (Wildman–Crippen LogP) is 4.29. The van der Waals surface area contributed by atoms with Crippen molar-refractivity contribution >= 4 is 29.0 Å². The van der Waals surface area contributed by atoms with Gasteiger partial charge in [-0.2, -0.15) is 0 Å². The summed E-state index contributed by atoms with van der Waals surface area (Å²) in [5.41, 5.74) is 0.999. The van der Waals surface area contributed by atoms with Gasteiger partial charge in [0.1, 0.15) is 24.6 Å². The smallest absolute Gasteiger partial charge is 0.275 e. The van der Waals surface area contributed by atoms with Gasteiger partial charge in [0.05, 0.1) is 6.54 Å². The van der Waals surface area contributed by atoms with Crippen molar-refractivity contribution in [2.75, 3.05) is 19.8 Å². The van der Waals surface area contributed by atoms with E-state index in [0.717, 1.165) is 37.7 Å². The van der Waals surface area contributed by atoms with Crippen LogP contribution in [0.4, 0.5) is 0 Å². The molecule has 0 bridgehead atoms. The highest BCUT2D eigenvalue weighted by molar-refractivity contribution is 6.47. The highest BCUT2D eigenvalue weighted by atomic mass is 35.5. The maximum absolute atomic E-state index is 13.4. The van der Waals surface area contributed by atoms with Crippen molar-refractivity contribution < 1.29 is 19.1 Å². The Labute approximate surface area is 185 Å². The van der Waals surface area contributed by atoms with Crippen LogP contribution in [0, 0.1) is 0 Å². The number of benzene rings is 2. The van der Waals surface area contributed by atoms with E-state index in [9.17, 15) is 9.59 Å². The fourth-order valence-electron chi connectivity index (χ4n) is 4.60. The zero-order chi connectivity index (χ0) is 21.4. The molecule has 0 atom stereocenters. The molecular formula is C24H23ClN2O4. The number of amides is 1. The van der Waals surface area contributed by atoms with E-state index in [1.54, 1.807) is 35.2 Å². The Bertz CT molecular complexity index is 1060. The summed E-state index contributed by atoms with van der Waals surface area (Å²) < 4.78 is 11.2. The van der Waals surface area contributed by atoms with Gasteiger partial charge >= 0.3 is 0 Å². The third-order valence-corrected chi connectivity index (χ3v) is 6.46. The van der Waals surface area contributed by atoms with Crippen molar-refractivity contribution in [2.24, 2.45) is 4.99 Å². The number of rotatable bonds is 4. The Hall–Kier alpha value is -2.86. The minimum absolute atomic E-state index is 0.0148.